The molecule has 7 nitrogen and oxygen atoms in total. The van der Waals surface area contributed by atoms with Gasteiger partial charge in [-0.25, -0.2) is 8.42 Å². The molecular formula is C23H26N2O5S. The van der Waals surface area contributed by atoms with Crippen molar-refractivity contribution in [3.63, 3.8) is 0 Å². The van der Waals surface area contributed by atoms with Crippen molar-refractivity contribution < 1.29 is 22.8 Å². The summed E-state index contributed by atoms with van der Waals surface area (Å²) in [5.41, 5.74) is 2.09. The van der Waals surface area contributed by atoms with Crippen LogP contribution >= 0.6 is 0 Å². The molecule has 1 aliphatic rings. The molecule has 0 aliphatic carbocycles. The smallest absolute Gasteiger partial charge is 0.262 e. The molecule has 8 heteroatoms. The van der Waals surface area contributed by atoms with Crippen molar-refractivity contribution in [3.8, 4) is 0 Å². The van der Waals surface area contributed by atoms with Crippen molar-refractivity contribution in [1.29, 1.82) is 0 Å². The number of hydrogen-bond donors (Lipinski definition) is 1. The van der Waals surface area contributed by atoms with Crippen molar-refractivity contribution in [3.05, 3.63) is 65.2 Å². The molecule has 0 spiro atoms. The van der Waals surface area contributed by atoms with Crippen molar-refractivity contribution in [2.24, 2.45) is 0 Å². The maximum atomic E-state index is 13.1. The SMILES string of the molecule is CCCCc1ccc(NC(=O)C(CCS(C)(=O)=O)N2C(=O)c3ccccc3C2=O)cc1. The van der Waals surface area contributed by atoms with Gasteiger partial charge in [0.05, 0.1) is 16.9 Å². The Morgan fingerprint density at radius 1 is 1.00 bits per heavy atom. The van der Waals surface area contributed by atoms with Gasteiger partial charge in [0.25, 0.3) is 11.8 Å². The summed E-state index contributed by atoms with van der Waals surface area (Å²) in [4.78, 5) is 39.6. The Labute approximate surface area is 182 Å². The third-order valence-electron chi connectivity index (χ3n) is 5.24. The molecule has 0 radical (unpaired) electrons. The van der Waals surface area contributed by atoms with Crippen LogP contribution in [0, 0.1) is 0 Å². The molecule has 2 aromatic rings. The first-order valence-electron chi connectivity index (χ1n) is 10.3. The Morgan fingerprint density at radius 2 is 1.58 bits per heavy atom. The van der Waals surface area contributed by atoms with E-state index < -0.39 is 33.6 Å². The molecule has 0 saturated heterocycles. The number of nitrogens with one attached hydrogen (secondary N) is 1. The number of anilines is 1. The van der Waals surface area contributed by atoms with E-state index in [2.05, 4.69) is 12.2 Å². The highest BCUT2D eigenvalue weighted by Crippen LogP contribution is 2.26. The molecule has 0 fully saturated rings. The van der Waals surface area contributed by atoms with Crippen molar-refractivity contribution in [2.45, 2.75) is 38.6 Å². The van der Waals surface area contributed by atoms with Crippen molar-refractivity contribution in [2.75, 3.05) is 17.3 Å². The molecular weight excluding hydrogens is 416 g/mol. The van der Waals surface area contributed by atoms with E-state index in [1.54, 1.807) is 24.3 Å². The van der Waals surface area contributed by atoms with Gasteiger partial charge in [0.1, 0.15) is 15.9 Å². The molecule has 3 amide bonds. The summed E-state index contributed by atoms with van der Waals surface area (Å²) in [6.45, 7) is 2.12. The minimum absolute atomic E-state index is 0.176. The van der Waals surface area contributed by atoms with Crippen LogP contribution in [0.5, 0.6) is 0 Å². The maximum Gasteiger partial charge on any atom is 0.262 e. The maximum absolute atomic E-state index is 13.1. The van der Waals surface area contributed by atoms with Gasteiger partial charge in [-0.2, -0.15) is 0 Å². The quantitative estimate of drug-likeness (QED) is 0.602. The Hall–Kier alpha value is -3.00. The third-order valence-corrected chi connectivity index (χ3v) is 6.22. The van der Waals surface area contributed by atoms with Gasteiger partial charge in [0.15, 0.2) is 0 Å². The molecule has 0 aromatic heterocycles. The summed E-state index contributed by atoms with van der Waals surface area (Å²) >= 11 is 0. The number of hydrogen-bond acceptors (Lipinski definition) is 5. The summed E-state index contributed by atoms with van der Waals surface area (Å²) in [6, 6.07) is 12.4. The lowest BCUT2D eigenvalue weighted by Gasteiger charge is -2.25. The normalized spacial score (nSPS) is 14.5. The van der Waals surface area contributed by atoms with Gasteiger partial charge in [-0.15, -0.1) is 0 Å². The Morgan fingerprint density at radius 3 is 2.10 bits per heavy atom. The number of amides is 3. The van der Waals surface area contributed by atoms with Gasteiger partial charge in [0, 0.05) is 11.9 Å². The van der Waals surface area contributed by atoms with Gasteiger partial charge < -0.3 is 5.32 Å². The zero-order chi connectivity index (χ0) is 22.6. The summed E-state index contributed by atoms with van der Waals surface area (Å²) in [5, 5.41) is 2.73. The van der Waals surface area contributed by atoms with Crippen LogP contribution in [0.25, 0.3) is 0 Å². The number of benzene rings is 2. The molecule has 164 valence electrons. The first kappa shape index (κ1) is 22.7. The standard InChI is InChI=1S/C23H26N2O5S/c1-3-4-7-16-10-12-17(13-11-16)24-21(26)20(14-15-31(2,29)30)25-22(27)18-8-5-6-9-19(18)23(25)28/h5-6,8-13,20H,3-4,7,14-15H2,1-2H3,(H,24,26). The fraction of sp³-hybridized carbons (Fsp3) is 0.348. The predicted octanol–water partition coefficient (Wildman–Crippen LogP) is 3.07. The second kappa shape index (κ2) is 9.43. The second-order valence-corrected chi connectivity index (χ2v) is 10.0. The van der Waals surface area contributed by atoms with Gasteiger partial charge in [0.2, 0.25) is 5.91 Å². The minimum Gasteiger partial charge on any atom is -0.324 e. The zero-order valence-corrected chi connectivity index (χ0v) is 18.4. The average Bonchev–Trinajstić information content (AvgIpc) is 2.98. The molecule has 2 aromatic carbocycles. The van der Waals surface area contributed by atoms with E-state index >= 15 is 0 Å². The summed E-state index contributed by atoms with van der Waals surface area (Å²) in [7, 11) is -3.40. The van der Waals surface area contributed by atoms with Crippen LogP contribution < -0.4 is 5.32 Å². The van der Waals surface area contributed by atoms with E-state index in [9.17, 15) is 22.8 Å². The fourth-order valence-electron chi connectivity index (χ4n) is 3.56. The highest BCUT2D eigenvalue weighted by atomic mass is 32.2. The van der Waals surface area contributed by atoms with Crippen LogP contribution in [0.15, 0.2) is 48.5 Å². The lowest BCUT2D eigenvalue weighted by Crippen LogP contribution is -2.48. The van der Waals surface area contributed by atoms with Crippen LogP contribution in [0.3, 0.4) is 0 Å². The molecule has 1 atom stereocenters. The number of rotatable bonds is 9. The number of fused-ring (bicyclic) bond motifs is 1. The molecule has 1 N–H and O–H groups in total. The van der Waals surface area contributed by atoms with E-state index in [4.69, 9.17) is 0 Å². The van der Waals surface area contributed by atoms with Crippen LogP contribution in [0.2, 0.25) is 0 Å². The van der Waals surface area contributed by atoms with Gasteiger partial charge >= 0.3 is 0 Å². The number of aryl methyl sites for hydroxylation is 1. The van der Waals surface area contributed by atoms with E-state index in [0.29, 0.717) is 5.69 Å². The lowest BCUT2D eigenvalue weighted by molar-refractivity contribution is -0.120. The molecule has 0 saturated carbocycles. The van der Waals surface area contributed by atoms with Crippen molar-refractivity contribution >= 4 is 33.2 Å². The number of carbonyl (C=O) groups excluding carboxylic acids is 3. The molecule has 31 heavy (non-hydrogen) atoms. The summed E-state index contributed by atoms with van der Waals surface area (Å²) in [5.74, 6) is -2.11. The van der Waals surface area contributed by atoms with Gasteiger partial charge in [-0.05, 0) is 49.1 Å². The van der Waals surface area contributed by atoms with Crippen LogP contribution in [0.1, 0.15) is 52.5 Å². The Bertz CT molecular complexity index is 1060. The average molecular weight is 443 g/mol. The second-order valence-electron chi connectivity index (χ2n) is 7.75. The van der Waals surface area contributed by atoms with Gasteiger partial charge in [-0.1, -0.05) is 37.6 Å². The van der Waals surface area contributed by atoms with E-state index in [0.717, 1.165) is 36.0 Å². The highest BCUT2D eigenvalue weighted by molar-refractivity contribution is 7.90. The largest absolute Gasteiger partial charge is 0.324 e. The number of nitrogens with zero attached hydrogens (tertiary/aromatic N) is 1. The number of sulfone groups is 1. The number of unbranched alkanes of at least 4 members (excludes halogenated alkanes) is 1. The van der Waals surface area contributed by atoms with Gasteiger partial charge in [-0.3, -0.25) is 19.3 Å². The predicted molar refractivity (Wildman–Crippen MR) is 119 cm³/mol. The Kier molecular flexibility index (Phi) is 6.90. The number of imide groups is 1. The minimum atomic E-state index is -3.40. The first-order chi connectivity index (χ1) is 14.7. The third kappa shape index (κ3) is 5.38. The first-order valence-corrected chi connectivity index (χ1v) is 12.3. The van der Waals surface area contributed by atoms with E-state index in [1.165, 1.54) is 12.1 Å². The molecule has 1 heterocycles. The molecule has 1 unspecified atom stereocenters. The molecule has 3 rings (SSSR count). The molecule has 0 bridgehead atoms. The van der Waals surface area contributed by atoms with E-state index in [1.807, 2.05) is 12.1 Å². The summed E-state index contributed by atoms with van der Waals surface area (Å²) in [6.07, 6.45) is 3.97. The van der Waals surface area contributed by atoms with Crippen LogP contribution in [-0.4, -0.2) is 49.1 Å². The van der Waals surface area contributed by atoms with Crippen LogP contribution in [-0.2, 0) is 21.1 Å². The summed E-state index contributed by atoms with van der Waals surface area (Å²) < 4.78 is 23.4. The topological polar surface area (TPSA) is 101 Å². The van der Waals surface area contributed by atoms with Crippen LogP contribution in [0.4, 0.5) is 5.69 Å². The molecule has 1 aliphatic heterocycles. The van der Waals surface area contributed by atoms with E-state index in [-0.39, 0.29) is 23.3 Å². The fourth-order valence-corrected chi connectivity index (χ4v) is 4.21. The highest BCUT2D eigenvalue weighted by Gasteiger charge is 2.42. The lowest BCUT2D eigenvalue weighted by atomic mass is 10.1. The monoisotopic (exact) mass is 442 g/mol. The number of carbonyl (C=O) groups is 3. The van der Waals surface area contributed by atoms with Crippen molar-refractivity contribution in [1.82, 2.24) is 4.90 Å². The Balaban J connectivity index is 1.83. The zero-order valence-electron chi connectivity index (χ0n) is 17.6.